The number of ether oxygens (including phenoxy) is 2. The summed E-state index contributed by atoms with van der Waals surface area (Å²) in [7, 11) is 0. The fourth-order valence-corrected chi connectivity index (χ4v) is 7.90. The second kappa shape index (κ2) is 5.47. The summed E-state index contributed by atoms with van der Waals surface area (Å²) in [4.78, 5) is 36.3. The molecule has 1 N–H and O–H groups in total. The molecule has 0 radical (unpaired) electrons. The van der Waals surface area contributed by atoms with E-state index in [0.29, 0.717) is 11.8 Å². The average Bonchev–Trinajstić information content (AvgIpc) is 2.97. The Labute approximate surface area is 164 Å². The lowest BCUT2D eigenvalue weighted by Gasteiger charge is -2.64. The second-order valence-corrected chi connectivity index (χ2v) is 10.00. The minimum atomic E-state index is -1.60. The minimum absolute atomic E-state index is 0.0119. The lowest BCUT2D eigenvalue weighted by molar-refractivity contribution is -0.365. The van der Waals surface area contributed by atoms with Crippen molar-refractivity contribution in [2.45, 2.75) is 71.2 Å². The summed E-state index contributed by atoms with van der Waals surface area (Å²) in [6.07, 6.45) is 4.72. The molecule has 1 spiro atoms. The van der Waals surface area contributed by atoms with Crippen LogP contribution >= 0.6 is 0 Å². The molecule has 0 aromatic carbocycles. The highest BCUT2D eigenvalue weighted by molar-refractivity contribution is 5.97. The van der Waals surface area contributed by atoms with Gasteiger partial charge in [0.1, 0.15) is 5.78 Å². The Kier molecular flexibility index (Phi) is 3.58. The molecule has 0 aromatic heterocycles. The van der Waals surface area contributed by atoms with Crippen molar-refractivity contribution in [3.63, 3.8) is 0 Å². The van der Waals surface area contributed by atoms with Gasteiger partial charge in [0.2, 0.25) is 0 Å². The monoisotopic (exact) mass is 388 g/mol. The predicted molar refractivity (Wildman–Crippen MR) is 98.0 cm³/mol. The van der Waals surface area contributed by atoms with E-state index in [9.17, 15) is 19.5 Å². The Hall–Kier alpha value is -1.69. The van der Waals surface area contributed by atoms with E-state index in [-0.39, 0.29) is 23.0 Å². The second-order valence-electron chi connectivity index (χ2n) is 10.00. The Morgan fingerprint density at radius 3 is 2.46 bits per heavy atom. The SMILES string of the molecule is CC(=O)[C@H]1CC[C@H]2[C@@H]3CCC4=CC(=O)C(O)C5(OC(=O)O5)[C@]4(C)[C@H]3CC[C@]12C. The number of Topliss-reactive ketones (excluding diaryl/α,β-unsaturated/α-hetero) is 1. The zero-order valence-corrected chi connectivity index (χ0v) is 16.7. The quantitative estimate of drug-likeness (QED) is 0.694. The van der Waals surface area contributed by atoms with Crippen LogP contribution in [0.2, 0.25) is 0 Å². The maximum absolute atomic E-state index is 12.4. The van der Waals surface area contributed by atoms with Crippen LogP contribution in [0.25, 0.3) is 0 Å². The third-order valence-corrected chi connectivity index (χ3v) is 9.22. The number of fused-ring (bicyclic) bond motifs is 6. The molecular weight excluding hydrogens is 360 g/mol. The molecule has 1 unspecified atom stereocenters. The highest BCUT2D eigenvalue weighted by Gasteiger charge is 2.75. The number of ketones is 2. The molecule has 3 saturated carbocycles. The third-order valence-electron chi connectivity index (χ3n) is 9.22. The van der Waals surface area contributed by atoms with Crippen LogP contribution in [0.5, 0.6) is 0 Å². The van der Waals surface area contributed by atoms with Gasteiger partial charge in [-0.3, -0.25) is 9.59 Å². The lowest BCUT2D eigenvalue weighted by atomic mass is 9.45. The molecule has 4 aliphatic carbocycles. The highest BCUT2D eigenvalue weighted by atomic mass is 16.9. The van der Waals surface area contributed by atoms with Crippen LogP contribution in [-0.4, -0.2) is 34.7 Å². The van der Waals surface area contributed by atoms with Gasteiger partial charge in [-0.05, 0) is 81.6 Å². The first-order valence-corrected chi connectivity index (χ1v) is 10.5. The molecule has 6 nitrogen and oxygen atoms in total. The van der Waals surface area contributed by atoms with Gasteiger partial charge in [0.15, 0.2) is 11.9 Å². The van der Waals surface area contributed by atoms with E-state index < -0.39 is 29.2 Å². The number of carbonyl (C=O) groups is 3. The first kappa shape index (κ1) is 18.3. The van der Waals surface area contributed by atoms with E-state index in [1.165, 1.54) is 0 Å². The van der Waals surface area contributed by atoms with Gasteiger partial charge in [-0.15, -0.1) is 0 Å². The smallest absolute Gasteiger partial charge is 0.386 e. The molecule has 4 fully saturated rings. The van der Waals surface area contributed by atoms with Crippen LogP contribution in [0, 0.1) is 34.5 Å². The van der Waals surface area contributed by atoms with Crippen molar-refractivity contribution in [2.24, 2.45) is 34.5 Å². The zero-order valence-electron chi connectivity index (χ0n) is 16.7. The Bertz CT molecular complexity index is 806. The first-order chi connectivity index (χ1) is 13.1. The van der Waals surface area contributed by atoms with Gasteiger partial charge in [-0.1, -0.05) is 12.5 Å². The topological polar surface area (TPSA) is 89.9 Å². The Morgan fingerprint density at radius 1 is 1.11 bits per heavy atom. The molecule has 7 atom stereocenters. The standard InChI is InChI=1S/C22H28O6/c1-11(23)14-6-7-15-13-5-4-12-10-17(24)18(25)22(27-19(26)28-22)21(12,3)16(13)8-9-20(14,15)2/h10,13-16,18,25H,4-9H2,1-3H3/t13-,14+,15-,16-,18?,20+,21-/m0/s1. The van der Waals surface area contributed by atoms with Crippen molar-refractivity contribution in [2.75, 3.05) is 0 Å². The largest absolute Gasteiger partial charge is 0.515 e. The van der Waals surface area contributed by atoms with Gasteiger partial charge in [0, 0.05) is 5.92 Å². The number of rotatable bonds is 1. The molecular formula is C22H28O6. The molecule has 1 heterocycles. The average molecular weight is 388 g/mol. The van der Waals surface area contributed by atoms with Gasteiger partial charge in [-0.25, -0.2) is 4.79 Å². The maximum atomic E-state index is 12.4. The first-order valence-electron chi connectivity index (χ1n) is 10.5. The zero-order chi connectivity index (χ0) is 20.1. The van der Waals surface area contributed by atoms with Crippen molar-refractivity contribution in [3.8, 4) is 0 Å². The molecule has 5 aliphatic rings. The molecule has 1 aliphatic heterocycles. The van der Waals surface area contributed by atoms with Crippen LogP contribution < -0.4 is 0 Å². The van der Waals surface area contributed by atoms with E-state index in [1.54, 1.807) is 13.0 Å². The molecule has 0 aromatic rings. The molecule has 1 saturated heterocycles. The van der Waals surface area contributed by atoms with Gasteiger partial charge >= 0.3 is 11.9 Å². The summed E-state index contributed by atoms with van der Waals surface area (Å²) >= 11 is 0. The van der Waals surface area contributed by atoms with E-state index in [4.69, 9.17) is 9.47 Å². The summed E-state index contributed by atoms with van der Waals surface area (Å²) in [5, 5.41) is 10.7. The summed E-state index contributed by atoms with van der Waals surface area (Å²) in [6, 6.07) is 0. The number of aliphatic hydroxyl groups is 1. The lowest BCUT2D eigenvalue weighted by Crippen LogP contribution is -2.74. The van der Waals surface area contributed by atoms with Crippen LogP contribution in [0.1, 0.15) is 59.3 Å². The van der Waals surface area contributed by atoms with Gasteiger partial charge in [0.25, 0.3) is 0 Å². The van der Waals surface area contributed by atoms with Crippen molar-refractivity contribution in [1.82, 2.24) is 0 Å². The van der Waals surface area contributed by atoms with Crippen LogP contribution in [-0.2, 0) is 19.1 Å². The Balaban J connectivity index is 1.57. The van der Waals surface area contributed by atoms with Crippen molar-refractivity contribution < 1.29 is 29.0 Å². The molecule has 0 amide bonds. The number of hydrogen-bond donors (Lipinski definition) is 1. The summed E-state index contributed by atoms with van der Waals surface area (Å²) < 4.78 is 10.9. The molecule has 152 valence electrons. The fourth-order valence-electron chi connectivity index (χ4n) is 7.90. The highest BCUT2D eigenvalue weighted by Crippen LogP contribution is 2.69. The van der Waals surface area contributed by atoms with E-state index in [0.717, 1.165) is 44.1 Å². The molecule has 5 rings (SSSR count). The number of hydrogen-bond acceptors (Lipinski definition) is 6. The van der Waals surface area contributed by atoms with Crippen molar-refractivity contribution in [3.05, 3.63) is 11.6 Å². The van der Waals surface area contributed by atoms with E-state index >= 15 is 0 Å². The van der Waals surface area contributed by atoms with Crippen LogP contribution in [0.3, 0.4) is 0 Å². The van der Waals surface area contributed by atoms with Gasteiger partial charge in [0.05, 0.1) is 5.41 Å². The minimum Gasteiger partial charge on any atom is -0.386 e. The van der Waals surface area contributed by atoms with Crippen molar-refractivity contribution >= 4 is 17.7 Å². The van der Waals surface area contributed by atoms with E-state index in [2.05, 4.69) is 6.92 Å². The summed E-state index contributed by atoms with van der Waals surface area (Å²) in [5.74, 6) is -0.692. The third kappa shape index (κ3) is 1.90. The van der Waals surface area contributed by atoms with Gasteiger partial charge in [-0.2, -0.15) is 0 Å². The Morgan fingerprint density at radius 2 is 1.82 bits per heavy atom. The van der Waals surface area contributed by atoms with Gasteiger partial charge < -0.3 is 14.6 Å². The van der Waals surface area contributed by atoms with E-state index in [1.807, 2.05) is 6.92 Å². The predicted octanol–water partition coefficient (Wildman–Crippen LogP) is 3.17. The molecule has 28 heavy (non-hydrogen) atoms. The normalized spacial score (nSPS) is 48.4. The van der Waals surface area contributed by atoms with Crippen LogP contribution in [0.4, 0.5) is 4.79 Å². The maximum Gasteiger partial charge on any atom is 0.515 e. The van der Waals surface area contributed by atoms with Crippen molar-refractivity contribution in [1.29, 1.82) is 0 Å². The number of aliphatic hydroxyl groups excluding tert-OH is 1. The summed E-state index contributed by atoms with van der Waals surface area (Å²) in [6.45, 7) is 5.99. The number of carbonyl (C=O) groups excluding carboxylic acids is 3. The summed E-state index contributed by atoms with van der Waals surface area (Å²) in [5.41, 5.74) is 0.228. The molecule has 0 bridgehead atoms. The molecule has 6 heteroatoms. The fraction of sp³-hybridized carbons (Fsp3) is 0.773. The van der Waals surface area contributed by atoms with Crippen LogP contribution in [0.15, 0.2) is 11.6 Å².